The molecule has 0 radical (unpaired) electrons. The lowest BCUT2D eigenvalue weighted by atomic mass is 9.82. The van der Waals surface area contributed by atoms with Crippen LogP contribution in [0.2, 0.25) is 0 Å². The summed E-state index contributed by atoms with van der Waals surface area (Å²) < 4.78 is 0. The van der Waals surface area contributed by atoms with Gasteiger partial charge in [0.1, 0.15) is 0 Å². The van der Waals surface area contributed by atoms with Gasteiger partial charge in [0.15, 0.2) is 5.11 Å². The molecule has 2 aliphatic heterocycles. The van der Waals surface area contributed by atoms with Crippen molar-refractivity contribution in [3.05, 3.63) is 0 Å². The van der Waals surface area contributed by atoms with Crippen molar-refractivity contribution >= 4 is 23.2 Å². The third-order valence-electron chi connectivity index (χ3n) is 4.72. The maximum absolute atomic E-state index is 11.9. The normalized spacial score (nSPS) is 33.7. The van der Waals surface area contributed by atoms with Crippen molar-refractivity contribution in [3.63, 3.8) is 0 Å². The van der Waals surface area contributed by atoms with Gasteiger partial charge in [-0.3, -0.25) is 4.79 Å². The van der Waals surface area contributed by atoms with E-state index in [2.05, 4.69) is 15.5 Å². The van der Waals surface area contributed by atoms with E-state index in [1.165, 1.54) is 19.3 Å². The number of carbonyl (C=O) groups excluding carboxylic acids is 1. The number of hydrogen-bond donors (Lipinski definition) is 2. The molecule has 19 heavy (non-hydrogen) atoms. The molecule has 2 bridgehead atoms. The molecule has 2 saturated heterocycles. The number of nitrogens with one attached hydrogen (secondary N) is 2. The summed E-state index contributed by atoms with van der Waals surface area (Å²) in [6.45, 7) is 0. The fourth-order valence-electron chi connectivity index (χ4n) is 3.62. The summed E-state index contributed by atoms with van der Waals surface area (Å²) in [5, 5.41) is 7.25. The molecule has 3 aliphatic rings. The van der Waals surface area contributed by atoms with Gasteiger partial charge in [-0.1, -0.05) is 0 Å². The van der Waals surface area contributed by atoms with Crippen molar-refractivity contribution in [1.29, 1.82) is 0 Å². The van der Waals surface area contributed by atoms with Gasteiger partial charge in [-0.15, -0.1) is 0 Å². The molecule has 2 heterocycles. The fraction of sp³-hybridized carbons (Fsp3) is 0.857. The van der Waals surface area contributed by atoms with E-state index in [1.807, 2.05) is 7.05 Å². The van der Waals surface area contributed by atoms with E-state index in [0.717, 1.165) is 30.8 Å². The van der Waals surface area contributed by atoms with Crippen LogP contribution in [0.1, 0.15) is 44.9 Å². The van der Waals surface area contributed by atoms with Gasteiger partial charge >= 0.3 is 0 Å². The summed E-state index contributed by atoms with van der Waals surface area (Å²) in [4.78, 5) is 14.3. The van der Waals surface area contributed by atoms with E-state index >= 15 is 0 Å². The van der Waals surface area contributed by atoms with Crippen LogP contribution in [0.5, 0.6) is 0 Å². The molecular weight excluding hydrogens is 258 g/mol. The Morgan fingerprint density at radius 3 is 2.32 bits per heavy atom. The van der Waals surface area contributed by atoms with Gasteiger partial charge in [0.25, 0.3) is 0 Å². The highest BCUT2D eigenvalue weighted by molar-refractivity contribution is 7.80. The van der Waals surface area contributed by atoms with Crippen molar-refractivity contribution < 1.29 is 4.79 Å². The van der Waals surface area contributed by atoms with Crippen LogP contribution in [-0.2, 0) is 4.79 Å². The zero-order chi connectivity index (χ0) is 13.4. The number of amides is 1. The van der Waals surface area contributed by atoms with Gasteiger partial charge in [0.2, 0.25) is 5.91 Å². The Balaban J connectivity index is 1.63. The Bertz CT molecular complexity index is 369. The molecule has 0 aromatic rings. The number of fused-ring (bicyclic) bond motifs is 2. The SMILES string of the molecule is CNC(=S)N1[C@@H]2CCC[C@H]1CC(NC(=O)C1CC1)C2. The smallest absolute Gasteiger partial charge is 0.223 e. The van der Waals surface area contributed by atoms with Crippen molar-refractivity contribution in [3.8, 4) is 0 Å². The molecule has 3 fully saturated rings. The van der Waals surface area contributed by atoms with E-state index in [4.69, 9.17) is 12.2 Å². The number of hydrogen-bond acceptors (Lipinski definition) is 2. The average Bonchev–Trinajstić information content (AvgIpc) is 3.21. The second kappa shape index (κ2) is 5.27. The molecule has 106 valence electrons. The van der Waals surface area contributed by atoms with E-state index in [1.54, 1.807) is 0 Å². The van der Waals surface area contributed by atoms with Gasteiger partial charge in [-0.25, -0.2) is 0 Å². The summed E-state index contributed by atoms with van der Waals surface area (Å²) in [6.07, 6.45) is 7.97. The molecular formula is C14H23N3OS. The molecule has 0 aromatic carbocycles. The van der Waals surface area contributed by atoms with Gasteiger partial charge in [-0.05, 0) is 57.2 Å². The van der Waals surface area contributed by atoms with E-state index in [-0.39, 0.29) is 5.91 Å². The number of thiocarbonyl (C=S) groups is 1. The highest BCUT2D eigenvalue weighted by Crippen LogP contribution is 2.35. The van der Waals surface area contributed by atoms with Crippen LogP contribution in [0.25, 0.3) is 0 Å². The first-order chi connectivity index (χ1) is 9.19. The van der Waals surface area contributed by atoms with Crippen LogP contribution < -0.4 is 10.6 Å². The highest BCUT2D eigenvalue weighted by atomic mass is 32.1. The molecule has 3 atom stereocenters. The lowest BCUT2D eigenvalue weighted by Crippen LogP contribution is -2.60. The van der Waals surface area contributed by atoms with E-state index in [0.29, 0.717) is 24.0 Å². The standard InChI is InChI=1S/C14H23N3OS/c1-15-14(19)17-11-3-2-4-12(17)8-10(7-11)16-13(18)9-5-6-9/h9-12H,2-8H2,1H3,(H,15,19)(H,16,18)/t10?,11-,12+. The maximum Gasteiger partial charge on any atom is 0.223 e. The topological polar surface area (TPSA) is 44.4 Å². The molecule has 4 nitrogen and oxygen atoms in total. The predicted octanol–water partition coefficient (Wildman–Crippen LogP) is 1.40. The molecule has 1 aliphatic carbocycles. The summed E-state index contributed by atoms with van der Waals surface area (Å²) >= 11 is 5.44. The number of carbonyl (C=O) groups is 1. The minimum absolute atomic E-state index is 0.285. The summed E-state index contributed by atoms with van der Waals surface area (Å²) in [5.74, 6) is 0.601. The second-order valence-electron chi connectivity index (χ2n) is 6.15. The van der Waals surface area contributed by atoms with E-state index in [9.17, 15) is 4.79 Å². The monoisotopic (exact) mass is 281 g/mol. The van der Waals surface area contributed by atoms with E-state index < -0.39 is 0 Å². The van der Waals surface area contributed by atoms with Crippen molar-refractivity contribution in [1.82, 2.24) is 15.5 Å². The Morgan fingerprint density at radius 2 is 1.79 bits per heavy atom. The van der Waals surface area contributed by atoms with Gasteiger partial charge in [0.05, 0.1) is 0 Å². The molecule has 1 saturated carbocycles. The summed E-state index contributed by atoms with van der Waals surface area (Å²) in [6, 6.07) is 1.38. The first-order valence-corrected chi connectivity index (χ1v) is 7.90. The molecule has 5 heteroatoms. The van der Waals surface area contributed by atoms with Crippen LogP contribution in [-0.4, -0.2) is 41.1 Å². The maximum atomic E-state index is 11.9. The highest BCUT2D eigenvalue weighted by Gasteiger charge is 2.40. The fourth-order valence-corrected chi connectivity index (χ4v) is 3.92. The number of rotatable bonds is 2. The zero-order valence-electron chi connectivity index (χ0n) is 11.5. The summed E-state index contributed by atoms with van der Waals surface area (Å²) in [7, 11) is 1.90. The Hall–Kier alpha value is -0.840. The first-order valence-electron chi connectivity index (χ1n) is 7.49. The molecule has 0 aromatic heterocycles. The molecule has 0 spiro atoms. The van der Waals surface area contributed by atoms with Crippen molar-refractivity contribution in [2.75, 3.05) is 7.05 Å². The van der Waals surface area contributed by atoms with Crippen LogP contribution in [0.15, 0.2) is 0 Å². The molecule has 1 unspecified atom stereocenters. The van der Waals surface area contributed by atoms with Gasteiger partial charge in [-0.2, -0.15) is 0 Å². The molecule has 2 N–H and O–H groups in total. The molecule has 1 amide bonds. The lowest BCUT2D eigenvalue weighted by molar-refractivity contribution is -0.123. The van der Waals surface area contributed by atoms with Crippen LogP contribution in [0, 0.1) is 5.92 Å². The third-order valence-corrected chi connectivity index (χ3v) is 5.13. The zero-order valence-corrected chi connectivity index (χ0v) is 12.3. The Morgan fingerprint density at radius 1 is 1.16 bits per heavy atom. The van der Waals surface area contributed by atoms with Crippen LogP contribution >= 0.6 is 12.2 Å². The minimum atomic E-state index is 0.285. The largest absolute Gasteiger partial charge is 0.366 e. The quantitative estimate of drug-likeness (QED) is 0.751. The number of nitrogens with zero attached hydrogens (tertiary/aromatic N) is 1. The first kappa shape index (κ1) is 13.2. The predicted molar refractivity (Wildman–Crippen MR) is 78.8 cm³/mol. The second-order valence-corrected chi connectivity index (χ2v) is 6.54. The lowest BCUT2D eigenvalue weighted by Gasteiger charge is -2.50. The summed E-state index contributed by atoms with van der Waals surface area (Å²) in [5.41, 5.74) is 0. The third kappa shape index (κ3) is 2.71. The average molecular weight is 281 g/mol. The Kier molecular flexibility index (Phi) is 3.65. The molecule has 3 rings (SSSR count). The van der Waals surface area contributed by atoms with Crippen LogP contribution in [0.4, 0.5) is 0 Å². The van der Waals surface area contributed by atoms with Crippen LogP contribution in [0.3, 0.4) is 0 Å². The Labute approximate surface area is 120 Å². The van der Waals surface area contributed by atoms with Gasteiger partial charge < -0.3 is 15.5 Å². The van der Waals surface area contributed by atoms with Crippen molar-refractivity contribution in [2.24, 2.45) is 5.92 Å². The van der Waals surface area contributed by atoms with Crippen molar-refractivity contribution in [2.45, 2.75) is 63.1 Å². The minimum Gasteiger partial charge on any atom is -0.366 e. The number of piperidine rings is 2. The van der Waals surface area contributed by atoms with Gasteiger partial charge in [0, 0.05) is 31.1 Å².